The summed E-state index contributed by atoms with van der Waals surface area (Å²) in [4.78, 5) is 7.92. The molecule has 4 rings (SSSR count). The van der Waals surface area contributed by atoms with Crippen molar-refractivity contribution in [3.63, 3.8) is 0 Å². The summed E-state index contributed by atoms with van der Waals surface area (Å²) in [6, 6.07) is 10.6. The highest BCUT2D eigenvalue weighted by atomic mass is 32.1. The van der Waals surface area contributed by atoms with Gasteiger partial charge in [0.1, 0.15) is 10.8 Å². The standard InChI is InChI=1S/C17H19N5S/c1-10-9-20-16-15(19-2)21-13-7-14(23-17(13)22(10)16)12-5-3-4-11(6-12)8-18/h3-7,9,16,20H,8,18H2,1-2H3,(H,19,21). The number of nitrogens with one attached hydrogen (secondary N) is 2. The van der Waals surface area contributed by atoms with Crippen LogP contribution in [0.15, 0.2) is 47.2 Å². The van der Waals surface area contributed by atoms with Gasteiger partial charge in [-0.3, -0.25) is 4.99 Å². The number of rotatable bonds is 2. The lowest BCUT2D eigenvalue weighted by molar-refractivity contribution is 0.771. The van der Waals surface area contributed by atoms with E-state index in [0.29, 0.717) is 6.54 Å². The molecule has 0 saturated heterocycles. The van der Waals surface area contributed by atoms with Crippen LogP contribution in [0.4, 0.5) is 10.7 Å². The zero-order valence-electron chi connectivity index (χ0n) is 13.1. The van der Waals surface area contributed by atoms with Crippen molar-refractivity contribution in [2.45, 2.75) is 19.6 Å². The van der Waals surface area contributed by atoms with Gasteiger partial charge in [0.15, 0.2) is 6.17 Å². The number of benzene rings is 1. The van der Waals surface area contributed by atoms with E-state index in [9.17, 15) is 0 Å². The number of nitrogens with zero attached hydrogens (tertiary/aromatic N) is 2. The molecule has 0 amide bonds. The Balaban J connectivity index is 1.80. The predicted octanol–water partition coefficient (Wildman–Crippen LogP) is 2.92. The van der Waals surface area contributed by atoms with Gasteiger partial charge >= 0.3 is 0 Å². The van der Waals surface area contributed by atoms with Crippen molar-refractivity contribution in [3.05, 3.63) is 47.8 Å². The van der Waals surface area contributed by atoms with E-state index < -0.39 is 0 Å². The molecule has 0 bridgehead atoms. The first-order chi connectivity index (χ1) is 11.2. The number of aliphatic imine (C=N–C) groups is 1. The summed E-state index contributed by atoms with van der Waals surface area (Å²) in [7, 11) is 1.82. The molecule has 5 nitrogen and oxygen atoms in total. The zero-order valence-corrected chi connectivity index (χ0v) is 13.9. The lowest BCUT2D eigenvalue weighted by Gasteiger charge is -2.33. The largest absolute Gasteiger partial charge is 0.363 e. The van der Waals surface area contributed by atoms with Crippen LogP contribution in [0.2, 0.25) is 0 Å². The summed E-state index contributed by atoms with van der Waals surface area (Å²) < 4.78 is 0. The fourth-order valence-corrected chi connectivity index (χ4v) is 4.25. The molecule has 0 radical (unpaired) electrons. The van der Waals surface area contributed by atoms with Gasteiger partial charge in [-0.25, -0.2) is 0 Å². The van der Waals surface area contributed by atoms with E-state index in [4.69, 9.17) is 5.73 Å². The van der Waals surface area contributed by atoms with Gasteiger partial charge in [0.25, 0.3) is 0 Å². The molecule has 1 aromatic carbocycles. The summed E-state index contributed by atoms with van der Waals surface area (Å²) in [6.45, 7) is 2.67. The molecule has 2 aliphatic rings. The topological polar surface area (TPSA) is 65.7 Å². The third kappa shape index (κ3) is 2.22. The Kier molecular flexibility index (Phi) is 3.36. The lowest BCUT2D eigenvalue weighted by Crippen LogP contribution is -2.49. The number of amidine groups is 1. The van der Waals surface area contributed by atoms with Crippen molar-refractivity contribution in [1.29, 1.82) is 0 Å². The third-order valence-corrected chi connectivity index (χ3v) is 5.41. The summed E-state index contributed by atoms with van der Waals surface area (Å²) in [5.74, 6) is 0.936. The van der Waals surface area contributed by atoms with Gasteiger partial charge in [0, 0.05) is 30.4 Å². The Hall–Kier alpha value is -2.31. The van der Waals surface area contributed by atoms with Crippen LogP contribution in [0.1, 0.15) is 12.5 Å². The highest BCUT2D eigenvalue weighted by molar-refractivity contribution is 7.20. The van der Waals surface area contributed by atoms with Crippen molar-refractivity contribution < 1.29 is 0 Å². The highest BCUT2D eigenvalue weighted by Gasteiger charge is 2.36. The normalized spacial score (nSPS) is 20.7. The summed E-state index contributed by atoms with van der Waals surface area (Å²) in [6.07, 6.45) is 2.11. The van der Waals surface area contributed by atoms with Crippen LogP contribution in [0.25, 0.3) is 10.4 Å². The maximum Gasteiger partial charge on any atom is 0.163 e. The summed E-state index contributed by atoms with van der Waals surface area (Å²) >= 11 is 1.79. The van der Waals surface area contributed by atoms with Gasteiger partial charge in [-0.2, -0.15) is 0 Å². The van der Waals surface area contributed by atoms with E-state index in [1.807, 2.05) is 13.2 Å². The molecule has 0 spiro atoms. The summed E-state index contributed by atoms with van der Waals surface area (Å²) in [5, 5.41) is 8.05. The van der Waals surface area contributed by atoms with Gasteiger partial charge < -0.3 is 21.3 Å². The minimum Gasteiger partial charge on any atom is -0.363 e. The monoisotopic (exact) mass is 325 g/mol. The van der Waals surface area contributed by atoms with E-state index in [1.54, 1.807) is 11.3 Å². The third-order valence-electron chi connectivity index (χ3n) is 4.23. The molecule has 0 saturated carbocycles. The maximum atomic E-state index is 5.77. The molecule has 0 aliphatic carbocycles. The number of nitrogens with two attached hydrogens (primary N) is 1. The molecule has 1 aromatic heterocycles. The number of anilines is 2. The molecule has 1 unspecified atom stereocenters. The van der Waals surface area contributed by atoms with Gasteiger partial charge in [-0.15, -0.1) is 11.3 Å². The molecule has 118 valence electrons. The second-order valence-electron chi connectivity index (χ2n) is 5.69. The van der Waals surface area contributed by atoms with Crippen molar-refractivity contribution in [2.75, 3.05) is 17.3 Å². The number of thiophene rings is 1. The smallest absolute Gasteiger partial charge is 0.163 e. The van der Waals surface area contributed by atoms with Crippen molar-refractivity contribution in [2.24, 2.45) is 10.7 Å². The Labute approximate surface area is 139 Å². The summed E-state index contributed by atoms with van der Waals surface area (Å²) in [5.41, 5.74) is 10.4. The fourth-order valence-electron chi connectivity index (χ4n) is 3.05. The van der Waals surface area contributed by atoms with E-state index in [1.165, 1.54) is 21.1 Å². The average Bonchev–Trinajstić information content (AvgIpc) is 3.17. The Morgan fingerprint density at radius 3 is 3.00 bits per heavy atom. The second kappa shape index (κ2) is 5.40. The first kappa shape index (κ1) is 14.3. The highest BCUT2D eigenvalue weighted by Crippen LogP contribution is 2.46. The van der Waals surface area contributed by atoms with Crippen molar-refractivity contribution in [1.82, 2.24) is 5.32 Å². The molecule has 3 heterocycles. The number of hydrogen-bond acceptors (Lipinski definition) is 5. The second-order valence-corrected chi connectivity index (χ2v) is 6.72. The SMILES string of the molecule is CN=C1Nc2cc(-c3cccc(CN)c3)sc2N2C(C)=CNC12. The van der Waals surface area contributed by atoms with Crippen LogP contribution in [-0.4, -0.2) is 19.0 Å². The van der Waals surface area contributed by atoms with E-state index in [0.717, 1.165) is 17.1 Å². The number of allylic oxidation sites excluding steroid dienone is 1. The van der Waals surface area contributed by atoms with Crippen LogP contribution in [0.3, 0.4) is 0 Å². The average molecular weight is 325 g/mol. The molecule has 6 heteroatoms. The van der Waals surface area contributed by atoms with Crippen LogP contribution in [-0.2, 0) is 6.54 Å². The molecule has 4 N–H and O–H groups in total. The van der Waals surface area contributed by atoms with Crippen molar-refractivity contribution in [3.8, 4) is 10.4 Å². The van der Waals surface area contributed by atoms with E-state index in [-0.39, 0.29) is 6.17 Å². The Bertz CT molecular complexity index is 820. The molecule has 0 fully saturated rings. The van der Waals surface area contributed by atoms with Gasteiger partial charge in [-0.1, -0.05) is 18.2 Å². The predicted molar refractivity (Wildman–Crippen MR) is 97.8 cm³/mol. The molecular formula is C17H19N5S. The van der Waals surface area contributed by atoms with E-state index >= 15 is 0 Å². The number of fused-ring (bicyclic) bond motifs is 3. The lowest BCUT2D eigenvalue weighted by atomic mass is 10.1. The molecule has 1 atom stereocenters. The minimum absolute atomic E-state index is 0.0642. The van der Waals surface area contributed by atoms with Crippen LogP contribution in [0, 0.1) is 0 Å². The quantitative estimate of drug-likeness (QED) is 0.794. The van der Waals surface area contributed by atoms with E-state index in [2.05, 4.69) is 57.8 Å². The molecule has 2 aliphatic heterocycles. The van der Waals surface area contributed by atoms with Crippen LogP contribution < -0.4 is 21.3 Å². The number of hydrogen-bond donors (Lipinski definition) is 3. The van der Waals surface area contributed by atoms with Crippen LogP contribution in [0.5, 0.6) is 0 Å². The van der Waals surface area contributed by atoms with Crippen LogP contribution >= 0.6 is 11.3 Å². The minimum atomic E-state index is 0.0642. The Morgan fingerprint density at radius 2 is 2.22 bits per heavy atom. The van der Waals surface area contributed by atoms with Gasteiger partial charge in [0.2, 0.25) is 0 Å². The first-order valence-electron chi connectivity index (χ1n) is 7.60. The van der Waals surface area contributed by atoms with Crippen molar-refractivity contribution >= 4 is 27.9 Å². The zero-order chi connectivity index (χ0) is 16.0. The first-order valence-corrected chi connectivity index (χ1v) is 8.42. The molecule has 2 aromatic rings. The Morgan fingerprint density at radius 1 is 1.35 bits per heavy atom. The molecular weight excluding hydrogens is 306 g/mol. The van der Waals surface area contributed by atoms with Gasteiger partial charge in [0.05, 0.1) is 5.69 Å². The van der Waals surface area contributed by atoms with Gasteiger partial charge in [-0.05, 0) is 30.2 Å². The maximum absolute atomic E-state index is 5.77. The fraction of sp³-hybridized carbons (Fsp3) is 0.235. The molecule has 23 heavy (non-hydrogen) atoms.